The third-order valence-electron chi connectivity index (χ3n) is 5.61. The molecule has 6 nitrogen and oxygen atoms in total. The van der Waals surface area contributed by atoms with Crippen LogP contribution in [-0.4, -0.2) is 26.4 Å². The van der Waals surface area contributed by atoms with Gasteiger partial charge in [-0.1, -0.05) is 60.3 Å². The van der Waals surface area contributed by atoms with Crippen molar-refractivity contribution in [1.29, 1.82) is 0 Å². The number of allylic oxidation sites excluding steroid dienone is 1. The zero-order valence-electron chi connectivity index (χ0n) is 19.6. The fraction of sp³-hybridized carbons (Fsp3) is 0.222. The fourth-order valence-electron chi connectivity index (χ4n) is 3.70. The van der Waals surface area contributed by atoms with Crippen molar-refractivity contribution in [2.24, 2.45) is 0 Å². The summed E-state index contributed by atoms with van der Waals surface area (Å²) < 4.78 is 8.07. The van der Waals surface area contributed by atoms with Gasteiger partial charge in [0, 0.05) is 17.6 Å². The summed E-state index contributed by atoms with van der Waals surface area (Å²) in [4.78, 5) is 12.7. The Labute approximate surface area is 204 Å². The summed E-state index contributed by atoms with van der Waals surface area (Å²) in [6, 6.07) is 19.9. The summed E-state index contributed by atoms with van der Waals surface area (Å²) in [6.07, 6.45) is 1.48. The predicted octanol–water partition coefficient (Wildman–Crippen LogP) is 6.10. The van der Waals surface area contributed by atoms with Gasteiger partial charge in [-0.25, -0.2) is 0 Å². The molecule has 1 N–H and O–H groups in total. The molecular weight excluding hydrogens is 444 g/mol. The number of aryl methyl sites for hydroxylation is 2. The monoisotopic (exact) mass is 472 g/mol. The highest BCUT2D eigenvalue weighted by atomic mass is 32.2. The fourth-order valence-corrected chi connectivity index (χ4v) is 4.46. The van der Waals surface area contributed by atoms with Crippen LogP contribution in [0.3, 0.4) is 0 Å². The lowest BCUT2D eigenvalue weighted by Crippen LogP contribution is -2.15. The summed E-state index contributed by atoms with van der Waals surface area (Å²) in [5.74, 6) is 1.59. The lowest BCUT2D eigenvalue weighted by atomic mass is 10.1. The number of carbonyl (C=O) groups is 1. The van der Waals surface area contributed by atoms with Gasteiger partial charge in [0.15, 0.2) is 17.1 Å². The van der Waals surface area contributed by atoms with E-state index in [1.54, 1.807) is 6.08 Å². The van der Waals surface area contributed by atoms with E-state index >= 15 is 0 Å². The van der Waals surface area contributed by atoms with E-state index < -0.39 is 0 Å². The molecule has 174 valence electrons. The molecule has 1 heterocycles. The first kappa shape index (κ1) is 23.6. The van der Waals surface area contributed by atoms with Crippen LogP contribution in [0.2, 0.25) is 0 Å². The van der Waals surface area contributed by atoms with Crippen LogP contribution in [-0.2, 0) is 11.3 Å². The highest BCUT2D eigenvalue weighted by molar-refractivity contribution is 7.99. The minimum Gasteiger partial charge on any atom is -0.483 e. The van der Waals surface area contributed by atoms with Gasteiger partial charge in [-0.15, -0.1) is 16.8 Å². The SMILES string of the molecule is C=CCn1c(SCC(=O)Nc2cccc3ccccc23)nnc1C(C)Oc1ccc(C)c(C)c1. The average Bonchev–Trinajstić information content (AvgIpc) is 3.23. The quantitative estimate of drug-likeness (QED) is 0.235. The Bertz CT molecular complexity index is 1330. The van der Waals surface area contributed by atoms with Crippen LogP contribution in [0.5, 0.6) is 5.75 Å². The number of ether oxygens (including phenoxy) is 1. The Kier molecular flexibility index (Phi) is 7.33. The minimum absolute atomic E-state index is 0.101. The molecule has 4 aromatic rings. The van der Waals surface area contributed by atoms with Crippen LogP contribution in [0.25, 0.3) is 10.8 Å². The molecule has 0 spiro atoms. The number of hydrogen-bond acceptors (Lipinski definition) is 5. The molecule has 1 amide bonds. The molecule has 0 fully saturated rings. The Hall–Kier alpha value is -3.58. The topological polar surface area (TPSA) is 69.0 Å². The van der Waals surface area contributed by atoms with Gasteiger partial charge in [0.25, 0.3) is 0 Å². The number of carbonyl (C=O) groups excluding carboxylic acids is 1. The first-order valence-electron chi connectivity index (χ1n) is 11.1. The van der Waals surface area contributed by atoms with Crippen molar-refractivity contribution in [2.45, 2.75) is 38.6 Å². The molecular formula is C27H28N4O2S. The second-order valence-corrected chi connectivity index (χ2v) is 9.05. The van der Waals surface area contributed by atoms with Gasteiger partial charge in [0.05, 0.1) is 5.75 Å². The first-order valence-corrected chi connectivity index (χ1v) is 12.1. The zero-order valence-corrected chi connectivity index (χ0v) is 20.4. The van der Waals surface area contributed by atoms with E-state index in [1.165, 1.54) is 22.9 Å². The van der Waals surface area contributed by atoms with Gasteiger partial charge in [0.2, 0.25) is 5.91 Å². The number of nitrogens with zero attached hydrogens (tertiary/aromatic N) is 3. The van der Waals surface area contributed by atoms with Crippen LogP contribution < -0.4 is 10.1 Å². The molecule has 0 radical (unpaired) electrons. The zero-order chi connectivity index (χ0) is 24.1. The summed E-state index contributed by atoms with van der Waals surface area (Å²) in [6.45, 7) is 10.5. The number of benzene rings is 3. The number of thioether (sulfide) groups is 1. The van der Waals surface area contributed by atoms with Crippen LogP contribution in [0.15, 0.2) is 78.5 Å². The van der Waals surface area contributed by atoms with Crippen molar-refractivity contribution in [2.75, 3.05) is 11.1 Å². The van der Waals surface area contributed by atoms with E-state index in [0.29, 0.717) is 17.5 Å². The van der Waals surface area contributed by atoms with Crippen LogP contribution in [0, 0.1) is 13.8 Å². The maximum atomic E-state index is 12.7. The summed E-state index contributed by atoms with van der Waals surface area (Å²) in [5.41, 5.74) is 3.19. The second kappa shape index (κ2) is 10.6. The van der Waals surface area contributed by atoms with E-state index in [1.807, 2.05) is 72.2 Å². The van der Waals surface area contributed by atoms with Crippen molar-refractivity contribution in [1.82, 2.24) is 14.8 Å². The number of amides is 1. The smallest absolute Gasteiger partial charge is 0.234 e. The number of nitrogens with one attached hydrogen (secondary N) is 1. The van der Waals surface area contributed by atoms with Gasteiger partial charge in [-0.3, -0.25) is 9.36 Å². The molecule has 7 heteroatoms. The van der Waals surface area contributed by atoms with Gasteiger partial charge >= 0.3 is 0 Å². The average molecular weight is 473 g/mol. The van der Waals surface area contributed by atoms with E-state index in [2.05, 4.69) is 35.9 Å². The molecule has 0 saturated carbocycles. The molecule has 0 bridgehead atoms. The number of hydrogen-bond donors (Lipinski definition) is 1. The molecule has 1 unspecified atom stereocenters. The van der Waals surface area contributed by atoms with Gasteiger partial charge < -0.3 is 10.1 Å². The predicted molar refractivity (Wildman–Crippen MR) is 138 cm³/mol. The number of aromatic nitrogens is 3. The molecule has 4 rings (SSSR count). The Morgan fingerprint density at radius 3 is 2.71 bits per heavy atom. The van der Waals surface area contributed by atoms with E-state index in [9.17, 15) is 4.79 Å². The third kappa shape index (κ3) is 5.31. The van der Waals surface area contributed by atoms with Crippen LogP contribution in [0.1, 0.15) is 30.0 Å². The molecule has 0 aliphatic carbocycles. The summed E-state index contributed by atoms with van der Waals surface area (Å²) in [7, 11) is 0. The van der Waals surface area contributed by atoms with Crippen molar-refractivity contribution >= 4 is 34.1 Å². The lowest BCUT2D eigenvalue weighted by molar-refractivity contribution is -0.113. The van der Waals surface area contributed by atoms with Crippen molar-refractivity contribution in [3.63, 3.8) is 0 Å². The maximum Gasteiger partial charge on any atom is 0.234 e. The summed E-state index contributed by atoms with van der Waals surface area (Å²) in [5, 5.41) is 14.5. The molecule has 0 aliphatic heterocycles. The molecule has 0 aliphatic rings. The number of rotatable bonds is 9. The number of fused-ring (bicyclic) bond motifs is 1. The van der Waals surface area contributed by atoms with Crippen molar-refractivity contribution in [3.05, 3.63) is 90.3 Å². The lowest BCUT2D eigenvalue weighted by Gasteiger charge is -2.16. The maximum absolute atomic E-state index is 12.7. The van der Waals surface area contributed by atoms with Gasteiger partial charge in [-0.05, 0) is 55.5 Å². The van der Waals surface area contributed by atoms with Crippen molar-refractivity contribution in [3.8, 4) is 5.75 Å². The van der Waals surface area contributed by atoms with Crippen LogP contribution >= 0.6 is 11.8 Å². The molecule has 1 aromatic heterocycles. The highest BCUT2D eigenvalue weighted by Crippen LogP contribution is 2.27. The molecule has 1 atom stereocenters. The van der Waals surface area contributed by atoms with Gasteiger partial charge in [-0.2, -0.15) is 0 Å². The molecule has 3 aromatic carbocycles. The van der Waals surface area contributed by atoms with E-state index in [4.69, 9.17) is 4.74 Å². The summed E-state index contributed by atoms with van der Waals surface area (Å²) >= 11 is 1.34. The Morgan fingerprint density at radius 2 is 1.91 bits per heavy atom. The Balaban J connectivity index is 1.45. The van der Waals surface area contributed by atoms with E-state index in [-0.39, 0.29) is 17.8 Å². The van der Waals surface area contributed by atoms with Gasteiger partial charge in [0.1, 0.15) is 5.75 Å². The first-order chi connectivity index (χ1) is 16.5. The second-order valence-electron chi connectivity index (χ2n) is 8.11. The molecule has 0 saturated heterocycles. The Morgan fingerprint density at radius 1 is 1.12 bits per heavy atom. The standard InChI is InChI=1S/C27H28N4O2S/c1-5-15-31-26(20(4)33-22-14-13-18(2)19(3)16-22)29-30-27(31)34-17-25(32)28-24-12-8-10-21-9-6-7-11-23(21)24/h5-14,16,20H,1,15,17H2,2-4H3,(H,28,32). The van der Waals surface area contributed by atoms with Crippen LogP contribution in [0.4, 0.5) is 5.69 Å². The normalized spacial score (nSPS) is 11.9. The van der Waals surface area contributed by atoms with Crippen molar-refractivity contribution < 1.29 is 9.53 Å². The largest absolute Gasteiger partial charge is 0.483 e. The highest BCUT2D eigenvalue weighted by Gasteiger charge is 2.20. The minimum atomic E-state index is -0.312. The molecule has 34 heavy (non-hydrogen) atoms. The van der Waals surface area contributed by atoms with E-state index in [0.717, 1.165) is 22.2 Å². The third-order valence-corrected chi connectivity index (χ3v) is 6.57. The number of anilines is 1.